The first kappa shape index (κ1) is 26.2. The predicted molar refractivity (Wildman–Crippen MR) is 143 cm³/mol. The van der Waals surface area contributed by atoms with Gasteiger partial charge in [-0.1, -0.05) is 91.9 Å². The molecule has 0 saturated heterocycles. The molecule has 0 aliphatic heterocycles. The summed E-state index contributed by atoms with van der Waals surface area (Å²) >= 11 is 0. The minimum Gasteiger partial charge on any atom is -0.350 e. The summed E-state index contributed by atoms with van der Waals surface area (Å²) < 4.78 is 0. The van der Waals surface area contributed by atoms with Gasteiger partial charge >= 0.3 is 0 Å². The molecule has 0 fully saturated rings. The van der Waals surface area contributed by atoms with Gasteiger partial charge in [0, 0.05) is 24.9 Å². The number of amides is 2. The lowest BCUT2D eigenvalue weighted by Gasteiger charge is -2.34. The molecular weight excluding hydrogens is 432 g/mol. The van der Waals surface area contributed by atoms with Crippen molar-refractivity contribution in [2.45, 2.75) is 71.5 Å². The monoisotopic (exact) mass is 470 g/mol. The number of benzene rings is 3. The molecule has 35 heavy (non-hydrogen) atoms. The second-order valence-electron chi connectivity index (χ2n) is 10.1. The second-order valence-corrected chi connectivity index (χ2v) is 10.1. The molecule has 0 saturated carbocycles. The molecular formula is C31H38N2O2. The highest BCUT2D eigenvalue weighted by Gasteiger charge is 2.32. The summed E-state index contributed by atoms with van der Waals surface area (Å²) in [7, 11) is 0. The fourth-order valence-electron chi connectivity index (χ4n) is 4.12. The average molecular weight is 471 g/mol. The highest BCUT2D eigenvalue weighted by molar-refractivity contribution is 5.88. The van der Waals surface area contributed by atoms with E-state index in [0.29, 0.717) is 25.8 Å². The standard InChI is InChI=1S/C31H38N2O2/c1-5-24-16-18-25(19-17-24)20-21-29(34)33(23-27-14-10-7-11-15-27)28(30(35)32-31(2,3)4)22-26-12-8-6-9-13-26/h6-19,28H,5,20-23H2,1-4H3,(H,32,35)/t28-/m0/s1. The molecule has 0 aliphatic carbocycles. The summed E-state index contributed by atoms with van der Waals surface area (Å²) in [6.07, 6.45) is 2.46. The first-order chi connectivity index (χ1) is 16.7. The smallest absolute Gasteiger partial charge is 0.243 e. The van der Waals surface area contributed by atoms with Crippen molar-refractivity contribution in [1.29, 1.82) is 0 Å². The van der Waals surface area contributed by atoms with Gasteiger partial charge in [-0.25, -0.2) is 0 Å². The maximum absolute atomic E-state index is 13.7. The average Bonchev–Trinajstić information content (AvgIpc) is 2.85. The minimum absolute atomic E-state index is 0.0154. The zero-order chi connectivity index (χ0) is 25.3. The van der Waals surface area contributed by atoms with Crippen LogP contribution in [0.25, 0.3) is 0 Å². The fourth-order valence-corrected chi connectivity index (χ4v) is 4.12. The van der Waals surface area contributed by atoms with E-state index in [0.717, 1.165) is 23.1 Å². The van der Waals surface area contributed by atoms with Crippen LogP contribution in [0.1, 0.15) is 56.4 Å². The quantitative estimate of drug-likeness (QED) is 0.411. The lowest BCUT2D eigenvalue weighted by Crippen LogP contribution is -2.54. The van der Waals surface area contributed by atoms with E-state index >= 15 is 0 Å². The number of hydrogen-bond donors (Lipinski definition) is 1. The summed E-state index contributed by atoms with van der Waals surface area (Å²) in [4.78, 5) is 29.0. The van der Waals surface area contributed by atoms with Gasteiger partial charge in [0.1, 0.15) is 6.04 Å². The van der Waals surface area contributed by atoms with Crippen molar-refractivity contribution < 1.29 is 9.59 Å². The molecule has 0 aliphatic rings. The predicted octanol–water partition coefficient (Wildman–Crippen LogP) is 5.74. The number of carbonyl (C=O) groups is 2. The van der Waals surface area contributed by atoms with E-state index in [-0.39, 0.29) is 11.8 Å². The van der Waals surface area contributed by atoms with Crippen molar-refractivity contribution in [2.75, 3.05) is 0 Å². The van der Waals surface area contributed by atoms with Crippen molar-refractivity contribution in [3.8, 4) is 0 Å². The van der Waals surface area contributed by atoms with Gasteiger partial charge in [0.15, 0.2) is 0 Å². The molecule has 0 aromatic heterocycles. The topological polar surface area (TPSA) is 49.4 Å². The number of carbonyl (C=O) groups excluding carboxylic acids is 2. The first-order valence-electron chi connectivity index (χ1n) is 12.5. The van der Waals surface area contributed by atoms with E-state index in [1.54, 1.807) is 4.90 Å². The Morgan fingerprint density at radius 2 is 1.31 bits per heavy atom. The number of nitrogens with zero attached hydrogens (tertiary/aromatic N) is 1. The number of rotatable bonds is 10. The van der Waals surface area contributed by atoms with E-state index < -0.39 is 11.6 Å². The van der Waals surface area contributed by atoms with E-state index in [2.05, 4.69) is 36.5 Å². The van der Waals surface area contributed by atoms with Gasteiger partial charge in [0.05, 0.1) is 0 Å². The molecule has 2 amide bonds. The number of aryl methyl sites for hydroxylation is 2. The van der Waals surface area contributed by atoms with Gasteiger partial charge in [-0.3, -0.25) is 9.59 Å². The van der Waals surface area contributed by atoms with Crippen LogP contribution < -0.4 is 5.32 Å². The van der Waals surface area contributed by atoms with Crippen molar-refractivity contribution in [3.05, 3.63) is 107 Å². The molecule has 1 N–H and O–H groups in total. The normalized spacial score (nSPS) is 12.1. The summed E-state index contributed by atoms with van der Waals surface area (Å²) in [5.74, 6) is -0.142. The Hall–Kier alpha value is -3.40. The maximum Gasteiger partial charge on any atom is 0.243 e. The second kappa shape index (κ2) is 12.3. The van der Waals surface area contributed by atoms with Gasteiger partial charge in [-0.2, -0.15) is 0 Å². The van der Waals surface area contributed by atoms with E-state index in [1.807, 2.05) is 81.4 Å². The number of hydrogen-bond acceptors (Lipinski definition) is 2. The molecule has 0 bridgehead atoms. The lowest BCUT2D eigenvalue weighted by molar-refractivity contribution is -0.141. The Kier molecular flexibility index (Phi) is 9.25. The van der Waals surface area contributed by atoms with Crippen LogP contribution in [0.15, 0.2) is 84.9 Å². The van der Waals surface area contributed by atoms with Crippen molar-refractivity contribution in [2.24, 2.45) is 0 Å². The SMILES string of the molecule is CCc1ccc(CCC(=O)N(Cc2ccccc2)[C@@H](Cc2ccccc2)C(=O)NC(C)(C)C)cc1. The van der Waals surface area contributed by atoms with Gasteiger partial charge in [0.2, 0.25) is 11.8 Å². The highest BCUT2D eigenvalue weighted by Crippen LogP contribution is 2.18. The molecule has 0 unspecified atom stereocenters. The van der Waals surface area contributed by atoms with Crippen molar-refractivity contribution in [3.63, 3.8) is 0 Å². The summed E-state index contributed by atoms with van der Waals surface area (Å²) in [6, 6.07) is 27.7. The van der Waals surface area contributed by atoms with Crippen LogP contribution in [0.3, 0.4) is 0 Å². The fraction of sp³-hybridized carbons (Fsp3) is 0.355. The molecule has 0 heterocycles. The van der Waals surface area contributed by atoms with E-state index in [4.69, 9.17) is 0 Å². The summed E-state index contributed by atoms with van der Waals surface area (Å²) in [5.41, 5.74) is 4.06. The van der Waals surface area contributed by atoms with E-state index in [9.17, 15) is 9.59 Å². The Balaban J connectivity index is 1.88. The lowest BCUT2D eigenvalue weighted by atomic mass is 9.99. The van der Waals surface area contributed by atoms with Crippen molar-refractivity contribution in [1.82, 2.24) is 10.2 Å². The van der Waals surface area contributed by atoms with Crippen LogP contribution in [-0.4, -0.2) is 28.3 Å². The molecule has 0 radical (unpaired) electrons. The largest absolute Gasteiger partial charge is 0.350 e. The summed E-state index contributed by atoms with van der Waals surface area (Å²) in [5, 5.41) is 3.11. The Labute approximate surface area is 210 Å². The van der Waals surface area contributed by atoms with Crippen LogP contribution >= 0.6 is 0 Å². The summed E-state index contributed by atoms with van der Waals surface area (Å²) in [6.45, 7) is 8.43. The molecule has 4 nitrogen and oxygen atoms in total. The maximum atomic E-state index is 13.7. The van der Waals surface area contributed by atoms with Crippen LogP contribution in [0.4, 0.5) is 0 Å². The molecule has 184 valence electrons. The van der Waals surface area contributed by atoms with Gasteiger partial charge < -0.3 is 10.2 Å². The van der Waals surface area contributed by atoms with Gasteiger partial charge in [-0.05, 0) is 55.9 Å². The van der Waals surface area contributed by atoms with Gasteiger partial charge in [0.25, 0.3) is 0 Å². The zero-order valence-electron chi connectivity index (χ0n) is 21.5. The van der Waals surface area contributed by atoms with Crippen LogP contribution in [-0.2, 0) is 35.4 Å². The Bertz CT molecular complexity index is 1070. The third-order valence-corrected chi connectivity index (χ3v) is 6.02. The molecule has 3 aromatic rings. The van der Waals surface area contributed by atoms with Crippen molar-refractivity contribution >= 4 is 11.8 Å². The first-order valence-corrected chi connectivity index (χ1v) is 12.5. The van der Waals surface area contributed by atoms with Crippen LogP contribution in [0.2, 0.25) is 0 Å². The molecule has 3 rings (SSSR count). The molecule has 3 aromatic carbocycles. The van der Waals surface area contributed by atoms with Gasteiger partial charge in [-0.15, -0.1) is 0 Å². The number of nitrogens with one attached hydrogen (secondary N) is 1. The Morgan fingerprint density at radius 3 is 1.86 bits per heavy atom. The molecule has 4 heteroatoms. The molecule has 1 atom stereocenters. The van der Waals surface area contributed by atoms with E-state index in [1.165, 1.54) is 5.56 Å². The third kappa shape index (κ3) is 8.40. The van der Waals surface area contributed by atoms with Crippen LogP contribution in [0, 0.1) is 0 Å². The zero-order valence-corrected chi connectivity index (χ0v) is 21.5. The minimum atomic E-state index is -0.605. The Morgan fingerprint density at radius 1 is 0.771 bits per heavy atom. The van der Waals surface area contributed by atoms with Crippen LogP contribution in [0.5, 0.6) is 0 Å². The molecule has 0 spiro atoms. The third-order valence-electron chi connectivity index (χ3n) is 6.02. The highest BCUT2D eigenvalue weighted by atomic mass is 16.2.